The number of benzene rings is 2. The van der Waals surface area contributed by atoms with Gasteiger partial charge in [-0.15, -0.1) is 0 Å². The Labute approximate surface area is 177 Å². The van der Waals surface area contributed by atoms with Crippen LogP contribution in [0.5, 0.6) is 17.2 Å². The lowest BCUT2D eigenvalue weighted by molar-refractivity contribution is 0.114. The molecule has 1 unspecified atom stereocenters. The zero-order chi connectivity index (χ0) is 21.9. The van der Waals surface area contributed by atoms with Crippen LogP contribution in [0.3, 0.4) is 0 Å². The average Bonchev–Trinajstić information content (AvgIpc) is 2.76. The Kier molecular flexibility index (Phi) is 9.21. The minimum atomic E-state index is -0.798. The predicted molar refractivity (Wildman–Crippen MR) is 115 cm³/mol. The molecule has 164 valence electrons. The SMILES string of the molecule is CCNC(=NCC(O)COc1ccc(F)cc1)N(C)Cc1ccc(OC)cc1OC. The molecule has 0 amide bonds. The maximum absolute atomic E-state index is 12.9. The number of hydrogen-bond donors (Lipinski definition) is 2. The number of guanidine groups is 1. The summed E-state index contributed by atoms with van der Waals surface area (Å²) in [4.78, 5) is 6.45. The zero-order valence-corrected chi connectivity index (χ0v) is 17.9. The Morgan fingerprint density at radius 1 is 1.13 bits per heavy atom. The molecule has 30 heavy (non-hydrogen) atoms. The van der Waals surface area contributed by atoms with Crippen LogP contribution in [0.25, 0.3) is 0 Å². The van der Waals surface area contributed by atoms with Crippen molar-refractivity contribution in [1.82, 2.24) is 10.2 Å². The second-order valence-electron chi connectivity index (χ2n) is 6.65. The summed E-state index contributed by atoms with van der Waals surface area (Å²) in [6, 6.07) is 11.3. The van der Waals surface area contributed by atoms with E-state index in [0.29, 0.717) is 24.8 Å². The molecule has 8 heteroatoms. The first-order chi connectivity index (χ1) is 14.5. The minimum Gasteiger partial charge on any atom is -0.497 e. The fourth-order valence-corrected chi connectivity index (χ4v) is 2.75. The third kappa shape index (κ3) is 7.11. The number of aliphatic hydroxyl groups is 1. The molecule has 0 aliphatic rings. The van der Waals surface area contributed by atoms with E-state index in [-0.39, 0.29) is 19.0 Å². The van der Waals surface area contributed by atoms with Crippen molar-refractivity contribution in [3.8, 4) is 17.2 Å². The molecule has 0 aromatic heterocycles. The molecule has 2 aromatic rings. The first-order valence-corrected chi connectivity index (χ1v) is 9.73. The summed E-state index contributed by atoms with van der Waals surface area (Å²) in [7, 11) is 5.14. The van der Waals surface area contributed by atoms with E-state index in [9.17, 15) is 9.50 Å². The van der Waals surface area contributed by atoms with Crippen LogP contribution in [0.2, 0.25) is 0 Å². The van der Waals surface area contributed by atoms with Crippen LogP contribution < -0.4 is 19.5 Å². The van der Waals surface area contributed by atoms with Gasteiger partial charge in [0.2, 0.25) is 0 Å². The summed E-state index contributed by atoms with van der Waals surface area (Å²) in [5.74, 6) is 2.26. The van der Waals surface area contributed by atoms with E-state index in [2.05, 4.69) is 10.3 Å². The Morgan fingerprint density at radius 2 is 1.83 bits per heavy atom. The normalized spacial score (nSPS) is 12.3. The molecule has 0 spiro atoms. The van der Waals surface area contributed by atoms with Crippen molar-refractivity contribution in [2.75, 3.05) is 41.0 Å². The molecule has 0 radical (unpaired) electrons. The monoisotopic (exact) mass is 419 g/mol. The standard InChI is InChI=1S/C22H30FN3O4/c1-5-24-22(25-13-18(27)15-30-19-10-7-17(23)8-11-19)26(2)14-16-6-9-20(28-3)12-21(16)29-4/h6-12,18,27H,5,13-15H2,1-4H3,(H,24,25). The first kappa shape index (κ1) is 23.3. The maximum Gasteiger partial charge on any atom is 0.194 e. The Morgan fingerprint density at radius 3 is 2.47 bits per heavy atom. The molecule has 0 aliphatic carbocycles. The van der Waals surface area contributed by atoms with Gasteiger partial charge < -0.3 is 29.5 Å². The van der Waals surface area contributed by atoms with E-state index in [1.165, 1.54) is 24.3 Å². The van der Waals surface area contributed by atoms with Crippen molar-refractivity contribution in [1.29, 1.82) is 0 Å². The third-order valence-electron chi connectivity index (χ3n) is 4.31. The zero-order valence-electron chi connectivity index (χ0n) is 17.9. The Balaban J connectivity index is 1.97. The quantitative estimate of drug-likeness (QED) is 0.456. The molecule has 0 heterocycles. The fourth-order valence-electron chi connectivity index (χ4n) is 2.75. The van der Waals surface area contributed by atoms with Crippen LogP contribution in [0, 0.1) is 5.82 Å². The highest BCUT2D eigenvalue weighted by atomic mass is 19.1. The molecule has 0 bridgehead atoms. The van der Waals surface area contributed by atoms with Gasteiger partial charge >= 0.3 is 0 Å². The second-order valence-corrected chi connectivity index (χ2v) is 6.65. The maximum atomic E-state index is 12.9. The molecular weight excluding hydrogens is 389 g/mol. The summed E-state index contributed by atoms with van der Waals surface area (Å²) in [6.07, 6.45) is -0.798. The van der Waals surface area contributed by atoms with Crippen LogP contribution in [0.15, 0.2) is 47.5 Å². The number of hydrogen-bond acceptors (Lipinski definition) is 5. The molecule has 0 saturated carbocycles. The summed E-state index contributed by atoms with van der Waals surface area (Å²) in [5.41, 5.74) is 0.978. The highest BCUT2D eigenvalue weighted by molar-refractivity contribution is 5.79. The topological polar surface area (TPSA) is 75.6 Å². The highest BCUT2D eigenvalue weighted by Gasteiger charge is 2.12. The van der Waals surface area contributed by atoms with Gasteiger partial charge in [0, 0.05) is 31.8 Å². The summed E-state index contributed by atoms with van der Waals surface area (Å²) >= 11 is 0. The van der Waals surface area contributed by atoms with E-state index in [4.69, 9.17) is 14.2 Å². The number of ether oxygens (including phenoxy) is 3. The average molecular weight is 419 g/mol. The van der Waals surface area contributed by atoms with Gasteiger partial charge in [-0.2, -0.15) is 0 Å². The van der Waals surface area contributed by atoms with Crippen molar-refractivity contribution < 1.29 is 23.7 Å². The summed E-state index contributed by atoms with van der Waals surface area (Å²) < 4.78 is 29.1. The smallest absolute Gasteiger partial charge is 0.194 e. The van der Waals surface area contributed by atoms with Crippen molar-refractivity contribution in [2.45, 2.75) is 19.6 Å². The number of aliphatic hydroxyl groups excluding tert-OH is 1. The molecule has 7 nitrogen and oxygen atoms in total. The van der Waals surface area contributed by atoms with Gasteiger partial charge in [0.15, 0.2) is 5.96 Å². The number of halogens is 1. The Hall–Kier alpha value is -3.00. The highest BCUT2D eigenvalue weighted by Crippen LogP contribution is 2.25. The van der Waals surface area contributed by atoms with Crippen LogP contribution >= 0.6 is 0 Å². The minimum absolute atomic E-state index is 0.0601. The third-order valence-corrected chi connectivity index (χ3v) is 4.31. The lowest BCUT2D eigenvalue weighted by atomic mass is 10.2. The number of nitrogens with one attached hydrogen (secondary N) is 1. The second kappa shape index (κ2) is 11.9. The van der Waals surface area contributed by atoms with Crippen molar-refractivity contribution >= 4 is 5.96 Å². The first-order valence-electron chi connectivity index (χ1n) is 9.73. The van der Waals surface area contributed by atoms with Crippen molar-refractivity contribution in [3.05, 3.63) is 53.8 Å². The lowest BCUT2D eigenvalue weighted by Crippen LogP contribution is -2.39. The van der Waals surface area contributed by atoms with Gasteiger partial charge in [-0.05, 0) is 43.3 Å². The number of methoxy groups -OCH3 is 2. The molecule has 0 aliphatic heterocycles. The number of aliphatic imine (C=N–C) groups is 1. The van der Waals surface area contributed by atoms with Gasteiger partial charge in [0.1, 0.15) is 35.8 Å². The van der Waals surface area contributed by atoms with E-state index < -0.39 is 6.10 Å². The predicted octanol–water partition coefficient (Wildman–Crippen LogP) is 2.68. The fraction of sp³-hybridized carbons (Fsp3) is 0.409. The van der Waals surface area contributed by atoms with E-state index in [0.717, 1.165) is 17.1 Å². The van der Waals surface area contributed by atoms with Crippen LogP contribution in [0.4, 0.5) is 4.39 Å². The molecule has 1 atom stereocenters. The summed E-state index contributed by atoms with van der Waals surface area (Å²) in [5, 5.41) is 13.4. The van der Waals surface area contributed by atoms with Crippen LogP contribution in [-0.4, -0.2) is 63.0 Å². The van der Waals surface area contributed by atoms with Crippen LogP contribution in [-0.2, 0) is 6.54 Å². The van der Waals surface area contributed by atoms with Crippen molar-refractivity contribution in [3.63, 3.8) is 0 Å². The molecule has 2 N–H and O–H groups in total. The van der Waals surface area contributed by atoms with E-state index in [1.807, 2.05) is 37.1 Å². The van der Waals surface area contributed by atoms with Gasteiger partial charge in [-0.1, -0.05) is 0 Å². The van der Waals surface area contributed by atoms with Gasteiger partial charge in [-0.3, -0.25) is 4.99 Å². The number of rotatable bonds is 10. The largest absolute Gasteiger partial charge is 0.497 e. The van der Waals surface area contributed by atoms with Gasteiger partial charge in [-0.25, -0.2) is 4.39 Å². The van der Waals surface area contributed by atoms with Gasteiger partial charge in [0.25, 0.3) is 0 Å². The molecule has 0 fully saturated rings. The number of nitrogens with zero attached hydrogens (tertiary/aromatic N) is 2. The molecule has 2 rings (SSSR count). The van der Waals surface area contributed by atoms with E-state index in [1.54, 1.807) is 14.2 Å². The van der Waals surface area contributed by atoms with Crippen LogP contribution in [0.1, 0.15) is 12.5 Å². The van der Waals surface area contributed by atoms with Crippen molar-refractivity contribution in [2.24, 2.45) is 4.99 Å². The molecular formula is C22H30FN3O4. The summed E-state index contributed by atoms with van der Waals surface area (Å²) in [6.45, 7) is 3.44. The lowest BCUT2D eigenvalue weighted by Gasteiger charge is -2.23. The molecule has 0 saturated heterocycles. The van der Waals surface area contributed by atoms with Gasteiger partial charge in [0.05, 0.1) is 20.8 Å². The Bertz CT molecular complexity index is 815. The molecule has 2 aromatic carbocycles. The van der Waals surface area contributed by atoms with E-state index >= 15 is 0 Å².